The second-order valence-corrected chi connectivity index (χ2v) is 4.94. The van der Waals surface area contributed by atoms with Gasteiger partial charge in [0.15, 0.2) is 5.84 Å². The van der Waals surface area contributed by atoms with Crippen molar-refractivity contribution in [1.82, 2.24) is 5.32 Å². The van der Waals surface area contributed by atoms with Crippen LogP contribution in [-0.4, -0.2) is 17.1 Å². The van der Waals surface area contributed by atoms with E-state index in [9.17, 15) is 4.39 Å². The lowest BCUT2D eigenvalue weighted by Gasteiger charge is -2.33. The zero-order valence-corrected chi connectivity index (χ0v) is 10.4. The Morgan fingerprint density at radius 1 is 1.56 bits per heavy atom. The average molecular weight is 251 g/mol. The fraction of sp³-hybridized carbons (Fsp3) is 0.462. The summed E-state index contributed by atoms with van der Waals surface area (Å²) in [7, 11) is 0. The number of nitrogens with one attached hydrogen (secondary N) is 1. The Labute approximate surface area is 106 Å². The third-order valence-corrected chi connectivity index (χ3v) is 3.41. The molecule has 1 aromatic carbocycles. The maximum absolute atomic E-state index is 13.2. The minimum absolute atomic E-state index is 0.0618. The van der Waals surface area contributed by atoms with Gasteiger partial charge < -0.3 is 16.3 Å². The van der Waals surface area contributed by atoms with Crippen molar-refractivity contribution in [2.45, 2.75) is 32.4 Å². The van der Waals surface area contributed by atoms with Gasteiger partial charge in [-0.15, -0.1) is 0 Å². The van der Waals surface area contributed by atoms with Crippen LogP contribution in [-0.2, 0) is 6.54 Å². The lowest BCUT2D eigenvalue weighted by atomic mass is 9.82. The molecular formula is C13H18FN3O. The number of oxime groups is 1. The molecule has 0 aromatic heterocycles. The summed E-state index contributed by atoms with van der Waals surface area (Å²) in [5.74, 6) is 0.324. The molecule has 0 aliphatic heterocycles. The summed E-state index contributed by atoms with van der Waals surface area (Å²) >= 11 is 0. The minimum Gasteiger partial charge on any atom is -0.409 e. The third-order valence-electron chi connectivity index (χ3n) is 3.41. The smallest absolute Gasteiger partial charge is 0.170 e. The number of nitrogens with two attached hydrogens (primary N) is 1. The zero-order valence-electron chi connectivity index (χ0n) is 10.4. The second-order valence-electron chi connectivity index (χ2n) is 4.94. The van der Waals surface area contributed by atoms with Crippen molar-refractivity contribution in [3.63, 3.8) is 0 Å². The van der Waals surface area contributed by atoms with Crippen molar-refractivity contribution >= 4 is 5.84 Å². The Hall–Kier alpha value is -1.62. The summed E-state index contributed by atoms with van der Waals surface area (Å²) in [6, 6.07) is 4.85. The molecule has 0 heterocycles. The monoisotopic (exact) mass is 251 g/mol. The molecule has 0 atom stereocenters. The van der Waals surface area contributed by atoms with E-state index in [1.54, 1.807) is 6.07 Å². The summed E-state index contributed by atoms with van der Waals surface area (Å²) in [4.78, 5) is 0. The lowest BCUT2D eigenvalue weighted by molar-refractivity contribution is 0.240. The van der Waals surface area contributed by atoms with Crippen molar-refractivity contribution < 1.29 is 9.60 Å². The maximum atomic E-state index is 13.2. The Morgan fingerprint density at radius 2 is 2.28 bits per heavy atom. The Bertz CT molecular complexity index is 456. The van der Waals surface area contributed by atoms with Crippen LogP contribution in [0.15, 0.2) is 23.4 Å². The Morgan fingerprint density at radius 3 is 2.89 bits per heavy atom. The van der Waals surface area contributed by atoms with Gasteiger partial charge in [0.05, 0.1) is 0 Å². The summed E-state index contributed by atoms with van der Waals surface area (Å²) in [5, 5.41) is 15.0. The van der Waals surface area contributed by atoms with Crippen LogP contribution < -0.4 is 11.1 Å². The molecule has 0 radical (unpaired) electrons. The zero-order chi connectivity index (χ0) is 13.1. The molecule has 0 spiro atoms. The topological polar surface area (TPSA) is 70.6 Å². The van der Waals surface area contributed by atoms with E-state index in [4.69, 9.17) is 10.9 Å². The van der Waals surface area contributed by atoms with Crippen molar-refractivity contribution in [1.29, 1.82) is 0 Å². The first-order valence-corrected chi connectivity index (χ1v) is 6.10. The number of hydrogen-bond donors (Lipinski definition) is 3. The van der Waals surface area contributed by atoms with E-state index in [-0.39, 0.29) is 5.84 Å². The van der Waals surface area contributed by atoms with Gasteiger partial charge in [0.25, 0.3) is 0 Å². The number of hydrogen-bond acceptors (Lipinski definition) is 3. The molecule has 98 valence electrons. The van der Waals surface area contributed by atoms with Gasteiger partial charge in [0, 0.05) is 18.2 Å². The lowest BCUT2D eigenvalue weighted by Crippen LogP contribution is -2.39. The number of amidine groups is 1. The van der Waals surface area contributed by atoms with Crippen LogP contribution in [0.5, 0.6) is 0 Å². The normalized spacial score (nSPS) is 23.8. The Balaban J connectivity index is 2.07. The second kappa shape index (κ2) is 5.35. The molecule has 1 saturated carbocycles. The van der Waals surface area contributed by atoms with Gasteiger partial charge in [-0.1, -0.05) is 18.1 Å². The molecule has 0 unspecified atom stereocenters. The molecule has 4 N–H and O–H groups in total. The van der Waals surface area contributed by atoms with E-state index in [0.29, 0.717) is 18.2 Å². The highest BCUT2D eigenvalue weighted by molar-refractivity contribution is 5.98. The van der Waals surface area contributed by atoms with Gasteiger partial charge in [0.1, 0.15) is 5.82 Å². The first-order chi connectivity index (χ1) is 8.60. The molecule has 0 saturated heterocycles. The Kier molecular flexibility index (Phi) is 3.81. The average Bonchev–Trinajstić information content (AvgIpc) is 2.33. The minimum atomic E-state index is -0.391. The molecule has 5 heteroatoms. The van der Waals surface area contributed by atoms with Crippen molar-refractivity contribution in [3.8, 4) is 0 Å². The quantitative estimate of drug-likeness (QED) is 0.331. The first kappa shape index (κ1) is 12.8. The molecular weight excluding hydrogens is 233 g/mol. The molecule has 1 aliphatic rings. The standard InChI is InChI=1S/C13H18FN3O/c1-8-4-11(5-8)16-7-9-2-3-10(14)6-12(9)13(15)17-18/h2-3,6,8,11,16,18H,4-5,7H2,1H3,(H2,15,17). The van der Waals surface area contributed by atoms with Crippen LogP contribution in [0.4, 0.5) is 4.39 Å². The maximum Gasteiger partial charge on any atom is 0.170 e. The summed E-state index contributed by atoms with van der Waals surface area (Å²) < 4.78 is 13.2. The number of benzene rings is 1. The predicted molar refractivity (Wildman–Crippen MR) is 67.9 cm³/mol. The SMILES string of the molecule is CC1CC(NCc2ccc(F)cc2/C(N)=N/O)C1. The van der Waals surface area contributed by atoms with E-state index in [1.165, 1.54) is 25.0 Å². The third kappa shape index (κ3) is 2.79. The summed E-state index contributed by atoms with van der Waals surface area (Å²) in [6.45, 7) is 2.82. The van der Waals surface area contributed by atoms with E-state index >= 15 is 0 Å². The van der Waals surface area contributed by atoms with E-state index < -0.39 is 5.82 Å². The summed E-state index contributed by atoms with van der Waals surface area (Å²) in [6.07, 6.45) is 2.33. The van der Waals surface area contributed by atoms with Crippen molar-refractivity contribution in [2.75, 3.05) is 0 Å². The molecule has 0 bridgehead atoms. The number of halogens is 1. The molecule has 0 amide bonds. The molecule has 2 rings (SSSR count). The fourth-order valence-corrected chi connectivity index (χ4v) is 2.32. The van der Waals surface area contributed by atoms with Gasteiger partial charge in [-0.25, -0.2) is 4.39 Å². The largest absolute Gasteiger partial charge is 0.409 e. The highest BCUT2D eigenvalue weighted by Crippen LogP contribution is 2.26. The van der Waals surface area contributed by atoms with Crippen LogP contribution in [0.3, 0.4) is 0 Å². The first-order valence-electron chi connectivity index (χ1n) is 6.10. The van der Waals surface area contributed by atoms with Crippen LogP contribution in [0.1, 0.15) is 30.9 Å². The van der Waals surface area contributed by atoms with E-state index in [2.05, 4.69) is 17.4 Å². The van der Waals surface area contributed by atoms with Gasteiger partial charge in [-0.3, -0.25) is 0 Å². The molecule has 4 nitrogen and oxygen atoms in total. The molecule has 1 aliphatic carbocycles. The van der Waals surface area contributed by atoms with Crippen LogP contribution >= 0.6 is 0 Å². The van der Waals surface area contributed by atoms with Crippen LogP contribution in [0.25, 0.3) is 0 Å². The van der Waals surface area contributed by atoms with Crippen LogP contribution in [0.2, 0.25) is 0 Å². The van der Waals surface area contributed by atoms with Crippen molar-refractivity contribution in [3.05, 3.63) is 35.1 Å². The number of rotatable bonds is 4. The fourth-order valence-electron chi connectivity index (χ4n) is 2.32. The van der Waals surface area contributed by atoms with Gasteiger partial charge in [-0.2, -0.15) is 0 Å². The predicted octanol–water partition coefficient (Wildman–Crippen LogP) is 1.81. The summed E-state index contributed by atoms with van der Waals surface area (Å²) in [5.41, 5.74) is 6.83. The number of nitrogens with zero attached hydrogens (tertiary/aromatic N) is 1. The van der Waals surface area contributed by atoms with Gasteiger partial charge in [0.2, 0.25) is 0 Å². The van der Waals surface area contributed by atoms with Crippen LogP contribution in [0, 0.1) is 11.7 Å². The highest BCUT2D eigenvalue weighted by atomic mass is 19.1. The van der Waals surface area contributed by atoms with E-state index in [0.717, 1.165) is 11.5 Å². The van der Waals surface area contributed by atoms with Gasteiger partial charge >= 0.3 is 0 Å². The van der Waals surface area contributed by atoms with Gasteiger partial charge in [-0.05, 0) is 36.5 Å². The molecule has 18 heavy (non-hydrogen) atoms. The highest BCUT2D eigenvalue weighted by Gasteiger charge is 2.24. The van der Waals surface area contributed by atoms with E-state index in [1.807, 2.05) is 0 Å². The molecule has 1 aromatic rings. The molecule has 1 fully saturated rings. The van der Waals surface area contributed by atoms with Crippen molar-refractivity contribution in [2.24, 2.45) is 16.8 Å².